The van der Waals surface area contributed by atoms with E-state index in [-0.39, 0.29) is 11.3 Å². The Kier molecular flexibility index (Phi) is 3.12. The van der Waals surface area contributed by atoms with Crippen LogP contribution in [0, 0.1) is 0 Å². The second-order valence-electron chi connectivity index (χ2n) is 3.25. The molecular formula is C11H9ClO3S. The molecule has 0 atom stereocenters. The molecule has 0 bridgehead atoms. The lowest BCUT2D eigenvalue weighted by atomic mass is 10.1. The van der Waals surface area contributed by atoms with Gasteiger partial charge in [0.05, 0.1) is 12.7 Å². The summed E-state index contributed by atoms with van der Waals surface area (Å²) in [5, 5.41) is 10.5. The number of carbonyl (C=O) groups is 1. The second-order valence-corrected chi connectivity index (χ2v) is 4.70. The van der Waals surface area contributed by atoms with Gasteiger partial charge in [0.25, 0.3) is 0 Å². The molecule has 0 saturated carbocycles. The van der Waals surface area contributed by atoms with Crippen molar-refractivity contribution in [3.8, 4) is 0 Å². The number of halogens is 1. The third kappa shape index (κ3) is 1.90. The topological polar surface area (TPSA) is 46.5 Å². The lowest BCUT2D eigenvalue weighted by Crippen LogP contribution is -2.13. The minimum absolute atomic E-state index is 0.0388. The fourth-order valence-electron chi connectivity index (χ4n) is 1.47. The lowest BCUT2D eigenvalue weighted by molar-refractivity contribution is -0.136. The molecule has 1 aliphatic rings. The molecule has 1 heterocycles. The van der Waals surface area contributed by atoms with Crippen LogP contribution in [0.5, 0.6) is 0 Å². The summed E-state index contributed by atoms with van der Waals surface area (Å²) < 4.78 is 4.60. The minimum atomic E-state index is -0.504. The second kappa shape index (κ2) is 4.39. The average Bonchev–Trinajstić information content (AvgIpc) is 2.29. The van der Waals surface area contributed by atoms with E-state index >= 15 is 0 Å². The Labute approximate surface area is 102 Å². The summed E-state index contributed by atoms with van der Waals surface area (Å²) in [5.74, 6) is -0.133. The molecule has 84 valence electrons. The van der Waals surface area contributed by atoms with E-state index < -0.39 is 5.97 Å². The number of benzene rings is 1. The maximum Gasteiger partial charge on any atom is 0.338 e. The Morgan fingerprint density at radius 1 is 1.56 bits per heavy atom. The van der Waals surface area contributed by atoms with E-state index in [0.29, 0.717) is 16.3 Å². The Morgan fingerprint density at radius 3 is 3.00 bits per heavy atom. The summed E-state index contributed by atoms with van der Waals surface area (Å²) in [6.45, 7) is 0. The van der Waals surface area contributed by atoms with Gasteiger partial charge in [0.15, 0.2) is 0 Å². The zero-order chi connectivity index (χ0) is 11.7. The number of fused-ring (bicyclic) bond motifs is 1. The van der Waals surface area contributed by atoms with Crippen molar-refractivity contribution in [2.75, 3.05) is 12.9 Å². The summed E-state index contributed by atoms with van der Waals surface area (Å²) >= 11 is 7.32. The molecular weight excluding hydrogens is 248 g/mol. The van der Waals surface area contributed by atoms with Crippen LogP contribution >= 0.6 is 23.4 Å². The van der Waals surface area contributed by atoms with Gasteiger partial charge >= 0.3 is 5.97 Å². The first-order chi connectivity index (χ1) is 7.63. The van der Waals surface area contributed by atoms with Crippen LogP contribution in [-0.2, 0) is 9.53 Å². The molecule has 0 unspecified atom stereocenters. The standard InChI is InChI=1S/C11H9ClO3S/c1-15-11(14)8-5-16-9-3-2-6(12)4-7(9)10(8)13/h2-4,13H,5H2,1H3. The van der Waals surface area contributed by atoms with Crippen molar-refractivity contribution in [1.82, 2.24) is 0 Å². The molecule has 1 aliphatic heterocycles. The number of thioether (sulfide) groups is 1. The number of carbonyl (C=O) groups excluding carboxylic acids is 1. The number of hydrogen-bond acceptors (Lipinski definition) is 4. The predicted molar refractivity (Wildman–Crippen MR) is 63.7 cm³/mol. The summed E-state index contributed by atoms with van der Waals surface area (Å²) in [4.78, 5) is 12.3. The van der Waals surface area contributed by atoms with E-state index in [1.807, 2.05) is 6.07 Å². The molecule has 5 heteroatoms. The molecule has 16 heavy (non-hydrogen) atoms. The largest absolute Gasteiger partial charge is 0.507 e. The molecule has 0 radical (unpaired) electrons. The van der Waals surface area contributed by atoms with E-state index in [1.165, 1.54) is 18.9 Å². The highest BCUT2D eigenvalue weighted by molar-refractivity contribution is 7.99. The summed E-state index contributed by atoms with van der Waals surface area (Å²) in [6, 6.07) is 5.22. The molecule has 1 aromatic rings. The van der Waals surface area contributed by atoms with E-state index in [0.717, 1.165) is 4.90 Å². The zero-order valence-electron chi connectivity index (χ0n) is 8.49. The van der Waals surface area contributed by atoms with Crippen LogP contribution in [0.3, 0.4) is 0 Å². The van der Waals surface area contributed by atoms with Gasteiger partial charge in [-0.25, -0.2) is 4.79 Å². The van der Waals surface area contributed by atoms with Crippen LogP contribution in [0.1, 0.15) is 5.56 Å². The number of aliphatic hydroxyl groups is 1. The minimum Gasteiger partial charge on any atom is -0.507 e. The third-order valence-corrected chi connectivity index (χ3v) is 3.62. The molecule has 0 saturated heterocycles. The van der Waals surface area contributed by atoms with E-state index in [4.69, 9.17) is 11.6 Å². The number of esters is 1. The van der Waals surface area contributed by atoms with Crippen molar-refractivity contribution in [3.63, 3.8) is 0 Å². The van der Waals surface area contributed by atoms with Gasteiger partial charge in [0.1, 0.15) is 5.76 Å². The lowest BCUT2D eigenvalue weighted by Gasteiger charge is -2.17. The average molecular weight is 257 g/mol. The molecule has 0 spiro atoms. The number of aliphatic hydroxyl groups excluding tert-OH is 1. The monoisotopic (exact) mass is 256 g/mol. The summed E-state index contributed by atoms with van der Waals surface area (Å²) in [7, 11) is 1.29. The Balaban J connectivity index is 2.52. The zero-order valence-corrected chi connectivity index (χ0v) is 10.1. The van der Waals surface area contributed by atoms with E-state index in [2.05, 4.69) is 4.74 Å². The van der Waals surface area contributed by atoms with Gasteiger partial charge in [-0.15, -0.1) is 11.8 Å². The van der Waals surface area contributed by atoms with Gasteiger partial charge in [-0.2, -0.15) is 0 Å². The molecule has 0 aliphatic carbocycles. The van der Waals surface area contributed by atoms with Gasteiger partial charge in [0.2, 0.25) is 0 Å². The summed E-state index contributed by atoms with van der Waals surface area (Å²) in [5.41, 5.74) is 0.867. The number of hydrogen-bond donors (Lipinski definition) is 1. The van der Waals surface area contributed by atoms with Crippen LogP contribution in [-0.4, -0.2) is 23.9 Å². The fraction of sp³-hybridized carbons (Fsp3) is 0.182. The van der Waals surface area contributed by atoms with Crippen molar-refractivity contribution in [3.05, 3.63) is 34.4 Å². The Hall–Kier alpha value is -1.13. The number of ether oxygens (including phenoxy) is 1. The van der Waals surface area contributed by atoms with Gasteiger partial charge in [-0.1, -0.05) is 11.6 Å². The summed E-state index contributed by atoms with van der Waals surface area (Å²) in [6.07, 6.45) is 0. The normalized spacial score (nSPS) is 14.6. The maximum absolute atomic E-state index is 11.4. The van der Waals surface area contributed by atoms with Crippen LogP contribution in [0.2, 0.25) is 5.02 Å². The van der Waals surface area contributed by atoms with Crippen molar-refractivity contribution in [1.29, 1.82) is 0 Å². The van der Waals surface area contributed by atoms with E-state index in [1.54, 1.807) is 12.1 Å². The first kappa shape index (κ1) is 11.4. The molecule has 1 N–H and O–H groups in total. The van der Waals surface area contributed by atoms with Crippen LogP contribution in [0.25, 0.3) is 5.76 Å². The first-order valence-corrected chi connectivity index (χ1v) is 5.93. The van der Waals surface area contributed by atoms with Crippen LogP contribution in [0.4, 0.5) is 0 Å². The highest BCUT2D eigenvalue weighted by Crippen LogP contribution is 2.37. The SMILES string of the molecule is COC(=O)C1=C(O)c2cc(Cl)ccc2SC1. The third-order valence-electron chi connectivity index (χ3n) is 2.29. The predicted octanol–water partition coefficient (Wildman–Crippen LogP) is 2.89. The molecule has 0 amide bonds. The van der Waals surface area contributed by atoms with Gasteiger partial charge in [-0.3, -0.25) is 0 Å². The highest BCUT2D eigenvalue weighted by atomic mass is 35.5. The number of methoxy groups -OCH3 is 1. The molecule has 1 aromatic carbocycles. The first-order valence-electron chi connectivity index (χ1n) is 4.56. The quantitative estimate of drug-likeness (QED) is 0.785. The molecule has 2 rings (SSSR count). The highest BCUT2D eigenvalue weighted by Gasteiger charge is 2.24. The smallest absolute Gasteiger partial charge is 0.338 e. The van der Waals surface area contributed by atoms with Crippen molar-refractivity contribution >= 4 is 35.1 Å². The van der Waals surface area contributed by atoms with Crippen molar-refractivity contribution < 1.29 is 14.6 Å². The molecule has 0 fully saturated rings. The van der Waals surface area contributed by atoms with Gasteiger partial charge in [0, 0.05) is 21.2 Å². The maximum atomic E-state index is 11.4. The van der Waals surface area contributed by atoms with Crippen molar-refractivity contribution in [2.24, 2.45) is 0 Å². The van der Waals surface area contributed by atoms with E-state index in [9.17, 15) is 9.90 Å². The molecule has 3 nitrogen and oxygen atoms in total. The Morgan fingerprint density at radius 2 is 2.31 bits per heavy atom. The fourth-order valence-corrected chi connectivity index (χ4v) is 2.67. The van der Waals surface area contributed by atoms with Gasteiger partial charge in [-0.05, 0) is 18.2 Å². The van der Waals surface area contributed by atoms with Crippen LogP contribution in [0.15, 0.2) is 28.7 Å². The van der Waals surface area contributed by atoms with Gasteiger partial charge < -0.3 is 9.84 Å². The number of rotatable bonds is 1. The van der Waals surface area contributed by atoms with Crippen molar-refractivity contribution in [2.45, 2.75) is 4.90 Å². The Bertz CT molecular complexity index is 482. The van der Waals surface area contributed by atoms with Crippen LogP contribution < -0.4 is 0 Å². The molecule has 0 aromatic heterocycles.